The Kier molecular flexibility index (Phi) is 4.71. The smallest absolute Gasteiger partial charge is 0.127 e. The SMILES string of the molecule is NC(Cc1ccc(Br)cc1F)c1cc(F)cc(Br)c1. The van der Waals surface area contributed by atoms with Gasteiger partial charge in [-0.3, -0.25) is 0 Å². The molecule has 0 saturated heterocycles. The van der Waals surface area contributed by atoms with Crippen LogP contribution in [0.1, 0.15) is 17.2 Å². The molecule has 0 fully saturated rings. The van der Waals surface area contributed by atoms with E-state index in [-0.39, 0.29) is 11.6 Å². The summed E-state index contributed by atoms with van der Waals surface area (Å²) in [6.45, 7) is 0. The summed E-state index contributed by atoms with van der Waals surface area (Å²) in [7, 11) is 0. The zero-order chi connectivity index (χ0) is 14.0. The van der Waals surface area contributed by atoms with Crippen LogP contribution in [-0.4, -0.2) is 0 Å². The van der Waals surface area contributed by atoms with Crippen LogP contribution in [0.5, 0.6) is 0 Å². The Hall–Kier alpha value is -0.780. The average molecular weight is 391 g/mol. The first-order chi connectivity index (χ1) is 8.95. The summed E-state index contributed by atoms with van der Waals surface area (Å²) in [4.78, 5) is 0. The van der Waals surface area contributed by atoms with Gasteiger partial charge in [-0.1, -0.05) is 37.9 Å². The number of hydrogen-bond acceptors (Lipinski definition) is 1. The third-order valence-corrected chi connectivity index (χ3v) is 3.72. The topological polar surface area (TPSA) is 26.0 Å². The van der Waals surface area contributed by atoms with Crippen molar-refractivity contribution in [1.82, 2.24) is 0 Å². The van der Waals surface area contributed by atoms with Crippen LogP contribution < -0.4 is 5.73 Å². The molecule has 0 spiro atoms. The molecule has 0 saturated carbocycles. The number of nitrogens with two attached hydrogens (primary N) is 1. The van der Waals surface area contributed by atoms with Crippen molar-refractivity contribution in [2.24, 2.45) is 5.73 Å². The van der Waals surface area contributed by atoms with Gasteiger partial charge in [0.2, 0.25) is 0 Å². The molecule has 2 N–H and O–H groups in total. The second-order valence-corrected chi connectivity index (χ2v) is 6.08. The second kappa shape index (κ2) is 6.11. The molecular weight excluding hydrogens is 380 g/mol. The van der Waals surface area contributed by atoms with E-state index in [0.717, 1.165) is 0 Å². The lowest BCUT2D eigenvalue weighted by Gasteiger charge is -2.13. The van der Waals surface area contributed by atoms with Crippen LogP contribution in [0.25, 0.3) is 0 Å². The quantitative estimate of drug-likeness (QED) is 0.805. The van der Waals surface area contributed by atoms with Gasteiger partial charge in [-0.15, -0.1) is 0 Å². The van der Waals surface area contributed by atoms with E-state index in [4.69, 9.17) is 5.73 Å². The van der Waals surface area contributed by atoms with Gasteiger partial charge in [0.05, 0.1) is 0 Å². The molecule has 100 valence electrons. The van der Waals surface area contributed by atoms with Crippen LogP contribution >= 0.6 is 31.9 Å². The predicted octanol–water partition coefficient (Wildman–Crippen LogP) is 4.73. The van der Waals surface area contributed by atoms with Crippen LogP contribution in [0.4, 0.5) is 8.78 Å². The van der Waals surface area contributed by atoms with Gasteiger partial charge in [0.25, 0.3) is 0 Å². The Bertz CT molecular complexity index is 582. The number of halogens is 4. The maximum atomic E-state index is 13.7. The van der Waals surface area contributed by atoms with Crippen molar-refractivity contribution in [1.29, 1.82) is 0 Å². The molecule has 2 aromatic carbocycles. The molecule has 0 aliphatic carbocycles. The molecule has 0 aliphatic rings. The second-order valence-electron chi connectivity index (χ2n) is 4.25. The van der Waals surface area contributed by atoms with Crippen molar-refractivity contribution in [3.05, 3.63) is 68.1 Å². The Labute approximate surface area is 127 Å². The fourth-order valence-corrected chi connectivity index (χ4v) is 2.65. The fourth-order valence-electron chi connectivity index (χ4n) is 1.83. The summed E-state index contributed by atoms with van der Waals surface area (Å²) < 4.78 is 28.3. The van der Waals surface area contributed by atoms with E-state index in [1.54, 1.807) is 18.2 Å². The summed E-state index contributed by atoms with van der Waals surface area (Å²) in [6.07, 6.45) is 0.314. The van der Waals surface area contributed by atoms with Crippen molar-refractivity contribution < 1.29 is 8.78 Å². The van der Waals surface area contributed by atoms with Crippen LogP contribution in [-0.2, 0) is 6.42 Å². The summed E-state index contributed by atoms with van der Waals surface area (Å²) in [5, 5.41) is 0. The Morgan fingerprint density at radius 2 is 1.74 bits per heavy atom. The summed E-state index contributed by atoms with van der Waals surface area (Å²) in [6, 6.07) is 8.83. The minimum atomic E-state index is -0.456. The van der Waals surface area contributed by atoms with E-state index < -0.39 is 6.04 Å². The monoisotopic (exact) mass is 389 g/mol. The first-order valence-electron chi connectivity index (χ1n) is 5.61. The highest BCUT2D eigenvalue weighted by Gasteiger charge is 2.12. The molecule has 0 bridgehead atoms. The zero-order valence-corrected chi connectivity index (χ0v) is 13.0. The van der Waals surface area contributed by atoms with E-state index in [9.17, 15) is 8.78 Å². The number of hydrogen-bond donors (Lipinski definition) is 1. The van der Waals surface area contributed by atoms with E-state index in [2.05, 4.69) is 31.9 Å². The van der Waals surface area contributed by atoms with Crippen LogP contribution in [0.3, 0.4) is 0 Å². The largest absolute Gasteiger partial charge is 0.324 e. The maximum absolute atomic E-state index is 13.7. The molecule has 0 radical (unpaired) electrons. The Balaban J connectivity index is 2.22. The van der Waals surface area contributed by atoms with Gasteiger partial charge < -0.3 is 5.73 Å². The third kappa shape index (κ3) is 3.84. The fraction of sp³-hybridized carbons (Fsp3) is 0.143. The lowest BCUT2D eigenvalue weighted by atomic mass is 9.99. The zero-order valence-electron chi connectivity index (χ0n) is 9.84. The van der Waals surface area contributed by atoms with Gasteiger partial charge >= 0.3 is 0 Å². The average Bonchev–Trinajstić information content (AvgIpc) is 2.31. The lowest BCUT2D eigenvalue weighted by Crippen LogP contribution is -2.14. The highest BCUT2D eigenvalue weighted by Crippen LogP contribution is 2.24. The van der Waals surface area contributed by atoms with Crippen molar-refractivity contribution in [3.63, 3.8) is 0 Å². The Morgan fingerprint density at radius 3 is 2.37 bits per heavy atom. The first kappa shape index (κ1) is 14.6. The number of benzene rings is 2. The molecule has 2 aromatic rings. The van der Waals surface area contributed by atoms with Crippen LogP contribution in [0.2, 0.25) is 0 Å². The highest BCUT2D eigenvalue weighted by molar-refractivity contribution is 9.10. The number of rotatable bonds is 3. The maximum Gasteiger partial charge on any atom is 0.127 e. The predicted molar refractivity (Wildman–Crippen MR) is 78.8 cm³/mol. The van der Waals surface area contributed by atoms with Crippen LogP contribution in [0, 0.1) is 11.6 Å². The normalized spacial score (nSPS) is 12.5. The molecule has 0 amide bonds. The van der Waals surface area contributed by atoms with Crippen molar-refractivity contribution in [2.45, 2.75) is 12.5 Å². The molecule has 5 heteroatoms. The van der Waals surface area contributed by atoms with Gasteiger partial charge in [0.15, 0.2) is 0 Å². The summed E-state index contributed by atoms with van der Waals surface area (Å²) in [5.74, 6) is -0.684. The van der Waals surface area contributed by atoms with Gasteiger partial charge in [0.1, 0.15) is 11.6 Å². The van der Waals surface area contributed by atoms with Crippen molar-refractivity contribution in [3.8, 4) is 0 Å². The molecule has 19 heavy (non-hydrogen) atoms. The lowest BCUT2D eigenvalue weighted by molar-refractivity contribution is 0.588. The molecule has 0 aliphatic heterocycles. The Morgan fingerprint density at radius 1 is 1.00 bits per heavy atom. The molecule has 1 nitrogen and oxygen atoms in total. The van der Waals surface area contributed by atoms with Crippen LogP contribution in [0.15, 0.2) is 45.3 Å². The van der Waals surface area contributed by atoms with Gasteiger partial charge in [-0.05, 0) is 47.9 Å². The van der Waals surface area contributed by atoms with Gasteiger partial charge in [-0.25, -0.2) is 8.78 Å². The standard InChI is InChI=1S/C14H11Br2F2N/c15-10-2-1-8(13(18)7-10)5-14(19)9-3-11(16)6-12(17)4-9/h1-4,6-7,14H,5,19H2. The minimum Gasteiger partial charge on any atom is -0.324 e. The molecule has 2 rings (SSSR count). The molecular formula is C14H11Br2F2N. The molecule has 0 heterocycles. The van der Waals surface area contributed by atoms with E-state index in [1.165, 1.54) is 18.2 Å². The minimum absolute atomic E-state index is 0.314. The molecule has 1 unspecified atom stereocenters. The van der Waals surface area contributed by atoms with E-state index in [0.29, 0.717) is 26.5 Å². The van der Waals surface area contributed by atoms with Crippen molar-refractivity contribution in [2.75, 3.05) is 0 Å². The van der Waals surface area contributed by atoms with E-state index >= 15 is 0 Å². The van der Waals surface area contributed by atoms with Gasteiger partial charge in [0, 0.05) is 15.0 Å². The van der Waals surface area contributed by atoms with Crippen molar-refractivity contribution >= 4 is 31.9 Å². The summed E-state index contributed by atoms with van der Waals surface area (Å²) in [5.41, 5.74) is 7.15. The van der Waals surface area contributed by atoms with E-state index in [1.807, 2.05) is 0 Å². The molecule has 1 atom stereocenters. The highest BCUT2D eigenvalue weighted by atomic mass is 79.9. The van der Waals surface area contributed by atoms with Gasteiger partial charge in [-0.2, -0.15) is 0 Å². The first-order valence-corrected chi connectivity index (χ1v) is 7.20. The summed E-state index contributed by atoms with van der Waals surface area (Å²) >= 11 is 6.41. The molecule has 0 aromatic heterocycles. The third-order valence-electron chi connectivity index (χ3n) is 2.77.